The van der Waals surface area contributed by atoms with E-state index in [0.29, 0.717) is 9.14 Å². The second-order valence-corrected chi connectivity index (χ2v) is 8.96. The van der Waals surface area contributed by atoms with Gasteiger partial charge in [0.25, 0.3) is 5.91 Å². The molecular formula is C17H15ClN2O3S3. The van der Waals surface area contributed by atoms with Gasteiger partial charge in [-0.25, -0.2) is 0 Å². The Bertz CT molecular complexity index is 1040. The lowest BCUT2D eigenvalue weighted by molar-refractivity contribution is -0.141. The molecule has 0 N–H and O–H groups in total. The lowest BCUT2D eigenvalue weighted by Gasteiger charge is -2.04. The summed E-state index contributed by atoms with van der Waals surface area (Å²) in [6, 6.07) is 9.52. The van der Waals surface area contributed by atoms with Crippen molar-refractivity contribution in [3.05, 3.63) is 44.3 Å². The van der Waals surface area contributed by atoms with Crippen LogP contribution < -0.4 is 4.80 Å². The lowest BCUT2D eigenvalue weighted by atomic mass is 10.3. The summed E-state index contributed by atoms with van der Waals surface area (Å²) in [6.45, 7) is 0.00601. The minimum absolute atomic E-state index is 0.00601. The molecule has 0 saturated carbocycles. The van der Waals surface area contributed by atoms with E-state index in [9.17, 15) is 9.59 Å². The summed E-state index contributed by atoms with van der Waals surface area (Å²) in [5.41, 5.74) is 0.851. The van der Waals surface area contributed by atoms with Gasteiger partial charge in [-0.3, -0.25) is 9.59 Å². The number of methoxy groups -OCH3 is 1. The first-order valence-electron chi connectivity index (χ1n) is 7.56. The third kappa shape index (κ3) is 4.37. The van der Waals surface area contributed by atoms with Crippen molar-refractivity contribution in [3.8, 4) is 0 Å². The molecule has 5 nitrogen and oxygen atoms in total. The molecule has 2 heterocycles. The molecule has 0 bridgehead atoms. The Labute approximate surface area is 167 Å². The Morgan fingerprint density at radius 2 is 2.08 bits per heavy atom. The minimum atomic E-state index is -0.391. The Morgan fingerprint density at radius 3 is 2.73 bits per heavy atom. The summed E-state index contributed by atoms with van der Waals surface area (Å²) in [7, 11) is 1.34. The largest absolute Gasteiger partial charge is 0.468 e. The van der Waals surface area contributed by atoms with Crippen LogP contribution in [0.5, 0.6) is 0 Å². The summed E-state index contributed by atoms with van der Waals surface area (Å²) < 4.78 is 8.10. The number of ether oxygens (including phenoxy) is 1. The highest BCUT2D eigenvalue weighted by atomic mass is 35.5. The van der Waals surface area contributed by atoms with E-state index in [2.05, 4.69) is 4.99 Å². The quantitative estimate of drug-likeness (QED) is 0.457. The number of amides is 1. The number of hydrogen-bond acceptors (Lipinski definition) is 6. The summed E-state index contributed by atoms with van der Waals surface area (Å²) >= 11 is 10.3. The highest BCUT2D eigenvalue weighted by Gasteiger charge is 2.13. The number of carbonyl (C=O) groups is 2. The van der Waals surface area contributed by atoms with E-state index < -0.39 is 5.97 Å². The second kappa shape index (κ2) is 8.39. The number of aromatic nitrogens is 1. The molecule has 0 saturated heterocycles. The predicted octanol–water partition coefficient (Wildman–Crippen LogP) is 3.98. The normalized spacial score (nSPS) is 11.9. The van der Waals surface area contributed by atoms with Crippen LogP contribution in [0.25, 0.3) is 10.2 Å². The molecule has 9 heteroatoms. The fraction of sp³-hybridized carbons (Fsp3) is 0.235. The lowest BCUT2D eigenvalue weighted by Crippen LogP contribution is -2.22. The van der Waals surface area contributed by atoms with E-state index >= 15 is 0 Å². The molecule has 1 aromatic carbocycles. The number of thioether (sulfide) groups is 1. The average Bonchev–Trinajstić information content (AvgIpc) is 3.17. The van der Waals surface area contributed by atoms with Crippen LogP contribution in [-0.2, 0) is 27.3 Å². The summed E-state index contributed by atoms with van der Waals surface area (Å²) in [5.74, 6) is -0.670. The SMILES string of the molecule is COC(=O)Cn1c(=NC(=O)Cc2ccc(Cl)s2)sc2cc(SC)ccc21. The van der Waals surface area contributed by atoms with Gasteiger partial charge in [-0.1, -0.05) is 22.9 Å². The van der Waals surface area contributed by atoms with Crippen molar-refractivity contribution in [2.75, 3.05) is 13.4 Å². The predicted molar refractivity (Wildman–Crippen MR) is 107 cm³/mol. The smallest absolute Gasteiger partial charge is 0.325 e. The van der Waals surface area contributed by atoms with Crippen LogP contribution in [0.3, 0.4) is 0 Å². The van der Waals surface area contributed by atoms with Crippen LogP contribution in [0.2, 0.25) is 4.34 Å². The van der Waals surface area contributed by atoms with Gasteiger partial charge in [0.2, 0.25) is 0 Å². The van der Waals surface area contributed by atoms with Crippen LogP contribution in [0, 0.1) is 0 Å². The molecule has 0 aliphatic carbocycles. The highest BCUT2D eigenvalue weighted by molar-refractivity contribution is 7.98. The second-order valence-electron chi connectivity index (χ2n) is 5.27. The van der Waals surface area contributed by atoms with Crippen molar-refractivity contribution in [2.24, 2.45) is 4.99 Å². The third-order valence-electron chi connectivity index (χ3n) is 3.58. The Morgan fingerprint density at radius 1 is 1.27 bits per heavy atom. The van der Waals surface area contributed by atoms with Crippen molar-refractivity contribution < 1.29 is 14.3 Å². The fourth-order valence-electron chi connectivity index (χ4n) is 2.35. The number of carbonyl (C=O) groups excluding carboxylic acids is 2. The molecule has 1 amide bonds. The maximum Gasteiger partial charge on any atom is 0.325 e. The zero-order valence-electron chi connectivity index (χ0n) is 14.0. The molecule has 0 atom stereocenters. The summed E-state index contributed by atoms with van der Waals surface area (Å²) in [4.78, 5) is 30.8. The maximum atomic E-state index is 12.4. The van der Waals surface area contributed by atoms with Gasteiger partial charge in [-0.15, -0.1) is 23.1 Å². The molecule has 3 rings (SSSR count). The molecule has 2 aromatic heterocycles. The van der Waals surface area contributed by atoms with E-state index in [0.717, 1.165) is 20.0 Å². The van der Waals surface area contributed by atoms with Crippen LogP contribution in [0.4, 0.5) is 0 Å². The van der Waals surface area contributed by atoms with Gasteiger partial charge in [-0.2, -0.15) is 4.99 Å². The monoisotopic (exact) mass is 426 g/mol. The molecule has 0 aliphatic rings. The number of esters is 1. The molecule has 0 aliphatic heterocycles. The Kier molecular flexibility index (Phi) is 6.18. The van der Waals surface area contributed by atoms with Crippen molar-refractivity contribution in [3.63, 3.8) is 0 Å². The summed E-state index contributed by atoms with van der Waals surface area (Å²) in [6.07, 6.45) is 2.18. The molecule has 0 fully saturated rings. The maximum absolute atomic E-state index is 12.4. The molecule has 136 valence electrons. The van der Waals surface area contributed by atoms with Crippen LogP contribution in [-0.4, -0.2) is 29.8 Å². The van der Waals surface area contributed by atoms with Gasteiger partial charge in [0.15, 0.2) is 4.80 Å². The number of thiophene rings is 1. The number of hydrogen-bond donors (Lipinski definition) is 0. The number of halogens is 1. The van der Waals surface area contributed by atoms with Crippen LogP contribution in [0.1, 0.15) is 4.88 Å². The standard InChI is InChI=1S/C17H15ClN2O3S3/c1-23-16(22)9-20-12-5-3-10(24-2)7-13(12)26-17(20)19-15(21)8-11-4-6-14(18)25-11/h3-7H,8-9H2,1-2H3. The van der Waals surface area contributed by atoms with E-state index in [1.165, 1.54) is 29.8 Å². The average molecular weight is 427 g/mol. The molecule has 26 heavy (non-hydrogen) atoms. The van der Waals surface area contributed by atoms with E-state index in [1.54, 1.807) is 22.4 Å². The number of nitrogens with zero attached hydrogens (tertiary/aromatic N) is 2. The topological polar surface area (TPSA) is 60.7 Å². The summed E-state index contributed by atoms with van der Waals surface area (Å²) in [5, 5.41) is 0. The van der Waals surface area contributed by atoms with E-state index in [4.69, 9.17) is 16.3 Å². The van der Waals surface area contributed by atoms with Crippen molar-refractivity contribution in [2.45, 2.75) is 17.9 Å². The molecular weight excluding hydrogens is 412 g/mol. The number of fused-ring (bicyclic) bond motifs is 1. The number of rotatable bonds is 5. The number of thiazole rings is 1. The van der Waals surface area contributed by atoms with Gasteiger partial charge < -0.3 is 9.30 Å². The van der Waals surface area contributed by atoms with Gasteiger partial charge >= 0.3 is 5.97 Å². The van der Waals surface area contributed by atoms with Crippen molar-refractivity contribution in [1.29, 1.82) is 0 Å². The minimum Gasteiger partial charge on any atom is -0.468 e. The molecule has 0 radical (unpaired) electrons. The van der Waals surface area contributed by atoms with Crippen LogP contribution >= 0.6 is 46.0 Å². The first-order valence-corrected chi connectivity index (χ1v) is 10.8. The highest BCUT2D eigenvalue weighted by Crippen LogP contribution is 2.24. The van der Waals surface area contributed by atoms with Gasteiger partial charge in [0.05, 0.1) is 28.1 Å². The van der Waals surface area contributed by atoms with Gasteiger partial charge in [-0.05, 0) is 36.6 Å². The van der Waals surface area contributed by atoms with E-state index in [1.807, 2.05) is 30.5 Å². The van der Waals surface area contributed by atoms with Gasteiger partial charge in [0, 0.05) is 9.77 Å². The molecule has 0 unspecified atom stereocenters. The first kappa shape index (κ1) is 19.2. The zero-order valence-corrected chi connectivity index (χ0v) is 17.2. The molecule has 3 aromatic rings. The fourth-order valence-corrected chi connectivity index (χ4v) is 5.03. The zero-order chi connectivity index (χ0) is 18.7. The van der Waals surface area contributed by atoms with Gasteiger partial charge in [0.1, 0.15) is 6.54 Å². The first-order chi connectivity index (χ1) is 12.5. The Hall–Kier alpha value is -1.61. The van der Waals surface area contributed by atoms with E-state index in [-0.39, 0.29) is 18.9 Å². The molecule has 0 spiro atoms. The third-order valence-corrected chi connectivity index (χ3v) is 6.58. The van der Waals surface area contributed by atoms with Crippen molar-refractivity contribution in [1.82, 2.24) is 4.57 Å². The number of benzene rings is 1. The Balaban J connectivity index is 2.02. The van der Waals surface area contributed by atoms with Crippen LogP contribution in [0.15, 0.2) is 40.2 Å². The van der Waals surface area contributed by atoms with Crippen molar-refractivity contribution >= 4 is 68.1 Å².